The third-order valence-electron chi connectivity index (χ3n) is 2.92. The van der Waals surface area contributed by atoms with Gasteiger partial charge < -0.3 is 5.11 Å². The highest BCUT2D eigenvalue weighted by Gasteiger charge is 2.21. The molecule has 0 fully saturated rings. The third kappa shape index (κ3) is 3.28. The molecule has 0 aliphatic rings. The molecule has 0 amide bonds. The number of hydrogen-bond donors (Lipinski definition) is 1. The smallest absolute Gasteiger partial charge is 0.275 e. The van der Waals surface area contributed by atoms with Crippen LogP contribution in [0.5, 0.6) is 0 Å². The zero-order chi connectivity index (χ0) is 14.7. The molecular weight excluding hydrogens is 301 g/mol. The normalized spacial score (nSPS) is 12.2. The van der Waals surface area contributed by atoms with Crippen molar-refractivity contribution in [3.8, 4) is 0 Å². The molecule has 0 aliphatic heterocycles. The van der Waals surface area contributed by atoms with E-state index in [4.69, 9.17) is 23.2 Å². The van der Waals surface area contributed by atoms with Crippen LogP contribution in [0.3, 0.4) is 0 Å². The van der Waals surface area contributed by atoms with E-state index in [1.165, 1.54) is 18.2 Å². The summed E-state index contributed by atoms with van der Waals surface area (Å²) in [6.07, 6.45) is -0.866. The molecule has 0 saturated heterocycles. The summed E-state index contributed by atoms with van der Waals surface area (Å²) in [5, 5.41) is 22.1. The fourth-order valence-corrected chi connectivity index (χ4v) is 2.33. The minimum Gasteiger partial charge on any atom is -0.388 e. The Kier molecular flexibility index (Phi) is 4.60. The molecule has 2 rings (SSSR count). The van der Waals surface area contributed by atoms with E-state index in [0.717, 1.165) is 5.56 Å². The van der Waals surface area contributed by atoms with Crippen molar-refractivity contribution >= 4 is 28.9 Å². The van der Waals surface area contributed by atoms with Crippen molar-refractivity contribution in [3.63, 3.8) is 0 Å². The van der Waals surface area contributed by atoms with Crippen molar-refractivity contribution in [1.82, 2.24) is 0 Å². The van der Waals surface area contributed by atoms with Gasteiger partial charge in [0.1, 0.15) is 0 Å². The lowest BCUT2D eigenvalue weighted by molar-refractivity contribution is -0.386. The molecule has 1 unspecified atom stereocenters. The largest absolute Gasteiger partial charge is 0.388 e. The molecule has 4 nitrogen and oxygen atoms in total. The topological polar surface area (TPSA) is 63.4 Å². The summed E-state index contributed by atoms with van der Waals surface area (Å²) >= 11 is 11.9. The van der Waals surface area contributed by atoms with Crippen LogP contribution >= 0.6 is 23.2 Å². The van der Waals surface area contributed by atoms with Crippen LogP contribution < -0.4 is 0 Å². The Hall–Kier alpha value is -1.62. The van der Waals surface area contributed by atoms with Crippen LogP contribution in [-0.2, 0) is 6.42 Å². The van der Waals surface area contributed by atoms with E-state index in [0.29, 0.717) is 10.0 Å². The second-order valence-electron chi connectivity index (χ2n) is 4.27. The summed E-state index contributed by atoms with van der Waals surface area (Å²) in [6.45, 7) is 0. The maximum absolute atomic E-state index is 11.0. The predicted octanol–water partition coefficient (Wildman–Crippen LogP) is 4.18. The molecule has 0 heterocycles. The van der Waals surface area contributed by atoms with Crippen LogP contribution in [0.25, 0.3) is 0 Å². The van der Waals surface area contributed by atoms with E-state index in [2.05, 4.69) is 0 Å². The number of rotatable bonds is 4. The molecule has 1 N–H and O–H groups in total. The van der Waals surface area contributed by atoms with Gasteiger partial charge in [-0.2, -0.15) is 0 Å². The maximum Gasteiger partial charge on any atom is 0.275 e. The van der Waals surface area contributed by atoms with Gasteiger partial charge in [-0.1, -0.05) is 41.4 Å². The van der Waals surface area contributed by atoms with Gasteiger partial charge in [0, 0.05) is 22.5 Å². The number of nitro benzene ring substituents is 1. The molecule has 1 atom stereocenters. The molecule has 0 spiro atoms. The summed E-state index contributed by atoms with van der Waals surface area (Å²) in [7, 11) is 0. The number of benzene rings is 2. The van der Waals surface area contributed by atoms with Crippen molar-refractivity contribution in [1.29, 1.82) is 0 Å². The van der Waals surface area contributed by atoms with Crippen molar-refractivity contribution in [3.05, 3.63) is 73.8 Å². The fourth-order valence-electron chi connectivity index (χ4n) is 1.94. The molecule has 0 saturated carbocycles. The molecule has 104 valence electrons. The second-order valence-corrected chi connectivity index (χ2v) is 5.12. The molecule has 2 aromatic rings. The molecule has 0 radical (unpaired) electrons. The van der Waals surface area contributed by atoms with Gasteiger partial charge in [-0.25, -0.2) is 0 Å². The lowest BCUT2D eigenvalue weighted by Gasteiger charge is -2.12. The number of aliphatic hydroxyl groups is 1. The van der Waals surface area contributed by atoms with Crippen molar-refractivity contribution < 1.29 is 10.0 Å². The van der Waals surface area contributed by atoms with E-state index < -0.39 is 11.0 Å². The van der Waals surface area contributed by atoms with Gasteiger partial charge in [0.2, 0.25) is 0 Å². The number of aliphatic hydroxyl groups excluding tert-OH is 1. The number of halogens is 2. The summed E-state index contributed by atoms with van der Waals surface area (Å²) in [6, 6.07) is 11.2. The Balaban J connectivity index is 2.34. The molecule has 0 bridgehead atoms. The Bertz CT molecular complexity index is 646. The van der Waals surface area contributed by atoms with Crippen LogP contribution in [0.15, 0.2) is 42.5 Å². The highest BCUT2D eigenvalue weighted by molar-refractivity contribution is 6.31. The lowest BCUT2D eigenvalue weighted by atomic mass is 10.00. The Morgan fingerprint density at radius 2 is 1.90 bits per heavy atom. The first-order valence-electron chi connectivity index (χ1n) is 5.84. The minimum absolute atomic E-state index is 0.158. The number of nitro groups is 1. The lowest BCUT2D eigenvalue weighted by Crippen LogP contribution is -2.06. The summed E-state index contributed by atoms with van der Waals surface area (Å²) < 4.78 is 0. The Labute approximate surface area is 125 Å². The first-order chi connectivity index (χ1) is 9.49. The monoisotopic (exact) mass is 311 g/mol. The van der Waals surface area contributed by atoms with Gasteiger partial charge in [0.05, 0.1) is 16.6 Å². The first-order valence-corrected chi connectivity index (χ1v) is 6.60. The fraction of sp³-hybridized carbons (Fsp3) is 0.143. The minimum atomic E-state index is -1.05. The van der Waals surface area contributed by atoms with Crippen molar-refractivity contribution in [2.45, 2.75) is 12.5 Å². The second kappa shape index (κ2) is 6.22. The highest BCUT2D eigenvalue weighted by Crippen LogP contribution is 2.31. The van der Waals surface area contributed by atoms with Crippen LogP contribution in [0, 0.1) is 10.1 Å². The van der Waals surface area contributed by atoms with Crippen LogP contribution in [-0.4, -0.2) is 10.0 Å². The number of nitrogens with zero attached hydrogens (tertiary/aromatic N) is 1. The SMILES string of the molecule is O=[N+]([O-])c1ccc(Cl)cc1C(O)Cc1ccccc1Cl. The van der Waals surface area contributed by atoms with E-state index in [1.807, 2.05) is 0 Å². The van der Waals surface area contributed by atoms with Gasteiger partial charge in [-0.05, 0) is 23.8 Å². The van der Waals surface area contributed by atoms with Gasteiger partial charge in [0.15, 0.2) is 0 Å². The van der Waals surface area contributed by atoms with Crippen LogP contribution in [0.4, 0.5) is 5.69 Å². The average molecular weight is 312 g/mol. The van der Waals surface area contributed by atoms with E-state index in [1.54, 1.807) is 24.3 Å². The van der Waals surface area contributed by atoms with E-state index in [9.17, 15) is 15.2 Å². The third-order valence-corrected chi connectivity index (χ3v) is 3.52. The summed E-state index contributed by atoms with van der Waals surface area (Å²) in [5.41, 5.74) is 0.743. The molecule has 0 aliphatic carbocycles. The molecular formula is C14H11Cl2NO3. The highest BCUT2D eigenvalue weighted by atomic mass is 35.5. The standard InChI is InChI=1S/C14H11Cl2NO3/c15-10-5-6-13(17(19)20)11(8-10)14(18)7-9-3-1-2-4-12(9)16/h1-6,8,14,18H,7H2. The van der Waals surface area contributed by atoms with E-state index >= 15 is 0 Å². The van der Waals surface area contributed by atoms with Gasteiger partial charge >= 0.3 is 0 Å². The van der Waals surface area contributed by atoms with Crippen molar-refractivity contribution in [2.75, 3.05) is 0 Å². The van der Waals surface area contributed by atoms with Crippen LogP contribution in [0.2, 0.25) is 10.0 Å². The summed E-state index contributed by atoms with van der Waals surface area (Å²) in [4.78, 5) is 10.4. The van der Waals surface area contributed by atoms with Gasteiger partial charge in [0.25, 0.3) is 5.69 Å². The predicted molar refractivity (Wildman–Crippen MR) is 78.2 cm³/mol. The Morgan fingerprint density at radius 3 is 2.55 bits per heavy atom. The van der Waals surface area contributed by atoms with Gasteiger partial charge in [-0.15, -0.1) is 0 Å². The van der Waals surface area contributed by atoms with Crippen molar-refractivity contribution in [2.24, 2.45) is 0 Å². The van der Waals surface area contributed by atoms with E-state index in [-0.39, 0.29) is 17.7 Å². The quantitative estimate of drug-likeness (QED) is 0.680. The average Bonchev–Trinajstić information content (AvgIpc) is 2.40. The van der Waals surface area contributed by atoms with Crippen LogP contribution in [0.1, 0.15) is 17.2 Å². The molecule has 20 heavy (non-hydrogen) atoms. The Morgan fingerprint density at radius 1 is 1.20 bits per heavy atom. The first kappa shape index (κ1) is 14.8. The molecule has 6 heteroatoms. The zero-order valence-electron chi connectivity index (χ0n) is 10.3. The molecule has 2 aromatic carbocycles. The maximum atomic E-state index is 11.0. The number of hydrogen-bond acceptors (Lipinski definition) is 3. The molecule has 0 aromatic heterocycles. The van der Waals surface area contributed by atoms with Gasteiger partial charge in [-0.3, -0.25) is 10.1 Å². The zero-order valence-corrected chi connectivity index (χ0v) is 11.8. The summed E-state index contributed by atoms with van der Waals surface area (Å²) in [5.74, 6) is 0.